The van der Waals surface area contributed by atoms with Crippen LogP contribution in [0.3, 0.4) is 0 Å². The molecule has 1 aromatic heterocycles. The minimum absolute atomic E-state index is 0.0852. The average molecular weight is 485 g/mol. The lowest BCUT2D eigenvalue weighted by atomic mass is 10.1. The number of amides is 1. The molecule has 1 aliphatic heterocycles. The number of aryl methyl sites for hydroxylation is 1. The van der Waals surface area contributed by atoms with E-state index in [4.69, 9.17) is 9.26 Å². The van der Waals surface area contributed by atoms with Crippen LogP contribution in [0.2, 0.25) is 0 Å². The molecular weight excluding hydrogens is 456 g/mol. The number of hydrogen-bond donors (Lipinski definition) is 1. The number of carbonyl (C=O) groups is 1. The first-order chi connectivity index (χ1) is 16.4. The molecule has 1 N–H and O–H groups in total. The lowest BCUT2D eigenvalue weighted by Crippen LogP contribution is -2.32. The topological polar surface area (TPSA) is 115 Å². The van der Waals surface area contributed by atoms with Gasteiger partial charge in [0.2, 0.25) is 15.8 Å². The van der Waals surface area contributed by atoms with Gasteiger partial charge in [-0.3, -0.25) is 4.79 Å². The Kier molecular flexibility index (Phi) is 7.28. The highest BCUT2D eigenvalue weighted by Crippen LogP contribution is 2.24. The molecule has 2 heterocycles. The second-order valence-electron chi connectivity index (χ2n) is 8.29. The summed E-state index contributed by atoms with van der Waals surface area (Å²) in [6.07, 6.45) is 4.11. The number of carbonyl (C=O) groups excluding carboxylic acids is 1. The van der Waals surface area contributed by atoms with E-state index in [2.05, 4.69) is 14.9 Å². The zero-order valence-electron chi connectivity index (χ0n) is 19.3. The van der Waals surface area contributed by atoms with Gasteiger partial charge in [0.25, 0.3) is 0 Å². The number of nitrogens with one attached hydrogen (secondary N) is 1. The van der Waals surface area contributed by atoms with Gasteiger partial charge in [-0.15, -0.1) is 0 Å². The monoisotopic (exact) mass is 484 g/mol. The van der Waals surface area contributed by atoms with Gasteiger partial charge in [-0.2, -0.15) is 4.98 Å². The number of rotatable bonds is 7. The van der Waals surface area contributed by atoms with E-state index in [1.807, 2.05) is 6.07 Å². The van der Waals surface area contributed by atoms with E-state index in [-0.39, 0.29) is 29.1 Å². The Morgan fingerprint density at radius 2 is 1.88 bits per heavy atom. The second kappa shape index (κ2) is 10.4. The van der Waals surface area contributed by atoms with Crippen LogP contribution in [-0.4, -0.2) is 49.6 Å². The second-order valence-corrected chi connectivity index (χ2v) is 10.0. The number of benzene rings is 2. The van der Waals surface area contributed by atoms with Crippen molar-refractivity contribution in [1.29, 1.82) is 0 Å². The summed E-state index contributed by atoms with van der Waals surface area (Å²) in [5.74, 6) is 0.443. The maximum atomic E-state index is 13.0. The quantitative estimate of drug-likeness (QED) is 0.545. The first-order valence-electron chi connectivity index (χ1n) is 11.2. The van der Waals surface area contributed by atoms with E-state index in [1.54, 1.807) is 49.3 Å². The highest BCUT2D eigenvalue weighted by atomic mass is 32.2. The lowest BCUT2D eigenvalue weighted by molar-refractivity contribution is 0.0711. The van der Waals surface area contributed by atoms with Crippen LogP contribution in [0.15, 0.2) is 51.9 Å². The number of likely N-dealkylation sites (tertiary alicyclic amines) is 1. The van der Waals surface area contributed by atoms with Crippen molar-refractivity contribution >= 4 is 15.9 Å². The van der Waals surface area contributed by atoms with Crippen molar-refractivity contribution < 1.29 is 22.5 Å². The van der Waals surface area contributed by atoms with Crippen molar-refractivity contribution in [3.63, 3.8) is 0 Å². The van der Waals surface area contributed by atoms with Crippen molar-refractivity contribution in [2.24, 2.45) is 0 Å². The molecule has 0 aliphatic carbocycles. The molecule has 0 radical (unpaired) electrons. The van der Waals surface area contributed by atoms with Crippen LogP contribution < -0.4 is 9.46 Å². The van der Waals surface area contributed by atoms with E-state index in [1.165, 1.54) is 6.07 Å². The van der Waals surface area contributed by atoms with Crippen LogP contribution in [-0.2, 0) is 16.6 Å². The summed E-state index contributed by atoms with van der Waals surface area (Å²) in [5.41, 5.74) is 1.80. The standard InChI is InChI=1S/C24H28N4O5S/c1-17-10-11-19(22-26-23(33-27-22)24(29)28-12-5-3-4-6-13-28)15-21(17)34(30,31)25-16-18-8-7-9-20(14-18)32-2/h7-11,14-15,25H,3-6,12-13,16H2,1-2H3. The van der Waals surface area contributed by atoms with E-state index in [0.29, 0.717) is 30.0 Å². The third-order valence-electron chi connectivity index (χ3n) is 5.84. The molecule has 180 valence electrons. The predicted molar refractivity (Wildman–Crippen MR) is 126 cm³/mol. The van der Waals surface area contributed by atoms with E-state index >= 15 is 0 Å². The molecule has 0 unspecified atom stereocenters. The van der Waals surface area contributed by atoms with Gasteiger partial charge in [-0.25, -0.2) is 13.1 Å². The van der Waals surface area contributed by atoms with Crippen LogP contribution in [0.1, 0.15) is 47.5 Å². The molecule has 3 aromatic rings. The van der Waals surface area contributed by atoms with Crippen LogP contribution in [0, 0.1) is 6.92 Å². The molecular formula is C24H28N4O5S. The van der Waals surface area contributed by atoms with Crippen molar-refractivity contribution in [2.75, 3.05) is 20.2 Å². The van der Waals surface area contributed by atoms with Crippen molar-refractivity contribution in [2.45, 2.75) is 44.0 Å². The number of methoxy groups -OCH3 is 1. The fourth-order valence-electron chi connectivity index (χ4n) is 3.90. The molecule has 10 heteroatoms. The Morgan fingerprint density at radius 3 is 2.62 bits per heavy atom. The molecule has 0 atom stereocenters. The largest absolute Gasteiger partial charge is 0.497 e. The van der Waals surface area contributed by atoms with Crippen molar-refractivity contribution in [1.82, 2.24) is 19.8 Å². The molecule has 1 saturated heterocycles. The maximum Gasteiger partial charge on any atom is 0.316 e. The molecule has 34 heavy (non-hydrogen) atoms. The van der Waals surface area contributed by atoms with Crippen LogP contribution in [0.25, 0.3) is 11.4 Å². The first kappa shape index (κ1) is 23.9. The maximum absolute atomic E-state index is 13.0. The van der Waals surface area contributed by atoms with E-state index in [9.17, 15) is 13.2 Å². The first-order valence-corrected chi connectivity index (χ1v) is 12.7. The van der Waals surface area contributed by atoms with Crippen LogP contribution in [0.5, 0.6) is 5.75 Å². The van der Waals surface area contributed by atoms with E-state index < -0.39 is 10.0 Å². The van der Waals surface area contributed by atoms with Gasteiger partial charge in [0, 0.05) is 25.2 Å². The normalized spacial score (nSPS) is 14.6. The third-order valence-corrected chi connectivity index (χ3v) is 7.38. The Balaban J connectivity index is 1.53. The highest BCUT2D eigenvalue weighted by Gasteiger charge is 2.24. The summed E-state index contributed by atoms with van der Waals surface area (Å²) in [4.78, 5) is 18.9. The van der Waals surface area contributed by atoms with Gasteiger partial charge in [-0.05, 0) is 49.1 Å². The molecule has 9 nitrogen and oxygen atoms in total. The van der Waals surface area contributed by atoms with Gasteiger partial charge in [0.15, 0.2) is 0 Å². The smallest absolute Gasteiger partial charge is 0.316 e. The number of aromatic nitrogens is 2. The third kappa shape index (κ3) is 5.45. The summed E-state index contributed by atoms with van der Waals surface area (Å²) < 4.78 is 39.1. The lowest BCUT2D eigenvalue weighted by Gasteiger charge is -2.17. The zero-order chi connectivity index (χ0) is 24.1. The summed E-state index contributed by atoms with van der Waals surface area (Å²) in [5, 5.41) is 3.93. The Labute approximate surface area is 199 Å². The SMILES string of the molecule is COc1cccc(CNS(=O)(=O)c2cc(-c3noc(C(=O)N4CCCCCC4)n3)ccc2C)c1. The summed E-state index contributed by atoms with van der Waals surface area (Å²) >= 11 is 0. The van der Waals surface area contributed by atoms with Crippen LogP contribution in [0.4, 0.5) is 0 Å². The number of nitrogens with zero attached hydrogens (tertiary/aromatic N) is 3. The minimum Gasteiger partial charge on any atom is -0.497 e. The molecule has 0 bridgehead atoms. The predicted octanol–water partition coefficient (Wildman–Crippen LogP) is 3.55. The van der Waals surface area contributed by atoms with E-state index in [0.717, 1.165) is 31.2 Å². The summed E-state index contributed by atoms with van der Waals surface area (Å²) in [6.45, 7) is 3.17. The van der Waals surface area contributed by atoms with Gasteiger partial charge in [0.1, 0.15) is 5.75 Å². The Morgan fingerprint density at radius 1 is 1.12 bits per heavy atom. The number of ether oxygens (including phenoxy) is 1. The molecule has 0 saturated carbocycles. The van der Waals surface area contributed by atoms with Gasteiger partial charge >= 0.3 is 11.8 Å². The molecule has 2 aromatic carbocycles. The number of sulfonamides is 1. The molecule has 4 rings (SSSR count). The van der Waals surface area contributed by atoms with Gasteiger partial charge < -0.3 is 14.2 Å². The summed E-state index contributed by atoms with van der Waals surface area (Å²) in [6, 6.07) is 12.1. The fourth-order valence-corrected chi connectivity index (χ4v) is 5.19. The minimum atomic E-state index is -3.82. The highest BCUT2D eigenvalue weighted by molar-refractivity contribution is 7.89. The van der Waals surface area contributed by atoms with Gasteiger partial charge in [-0.1, -0.05) is 42.3 Å². The van der Waals surface area contributed by atoms with Crippen molar-refractivity contribution in [3.05, 3.63) is 59.5 Å². The fraction of sp³-hybridized carbons (Fsp3) is 0.375. The zero-order valence-corrected chi connectivity index (χ0v) is 20.1. The summed E-state index contributed by atoms with van der Waals surface area (Å²) in [7, 11) is -2.26. The molecule has 1 aliphatic rings. The Bertz CT molecular complexity index is 1260. The number of hydrogen-bond acceptors (Lipinski definition) is 7. The Hall–Kier alpha value is -3.24. The molecule has 1 amide bonds. The van der Waals surface area contributed by atoms with Crippen molar-refractivity contribution in [3.8, 4) is 17.1 Å². The average Bonchev–Trinajstić information content (AvgIpc) is 3.18. The van der Waals surface area contributed by atoms with Gasteiger partial charge in [0.05, 0.1) is 12.0 Å². The molecule has 1 fully saturated rings. The van der Waals surface area contributed by atoms with Crippen LogP contribution >= 0.6 is 0 Å². The molecule has 0 spiro atoms.